The molecule has 3 rings (SSSR count). The van der Waals surface area contributed by atoms with Crippen LogP contribution in [0.5, 0.6) is 0 Å². The second kappa shape index (κ2) is 7.74. The van der Waals surface area contributed by atoms with E-state index in [1.54, 1.807) is 0 Å². The number of aromatic nitrogens is 3. The zero-order valence-electron chi connectivity index (χ0n) is 15.5. The standard InChI is InChI=1S/C16H15F6N5O3/c1-7(14(28)27-5-11(8(27)2)29-16(20,21)22)25-13-3-9(23-6-24-13)10-4-12(26-30-10)15(17,18)19/h3-4,6-8,11H,5H2,1-2H3,(H,23,24,25)/t7-,8+,11+/m1/s1. The number of alkyl halides is 6. The molecule has 14 heteroatoms. The van der Waals surface area contributed by atoms with Gasteiger partial charge in [0.2, 0.25) is 5.91 Å². The van der Waals surface area contributed by atoms with E-state index in [1.165, 1.54) is 24.8 Å². The molecular weight excluding hydrogens is 424 g/mol. The SMILES string of the molecule is C[C@@H](Nc1cc(-c2cc(C(F)(F)F)no2)ncn1)C(=O)N1C[C@H](OC(F)(F)F)[C@@H]1C. The van der Waals surface area contributed by atoms with Crippen LogP contribution in [0.25, 0.3) is 11.5 Å². The van der Waals surface area contributed by atoms with E-state index in [0.717, 1.165) is 6.33 Å². The highest BCUT2D eigenvalue weighted by Gasteiger charge is 2.46. The van der Waals surface area contributed by atoms with Crippen molar-refractivity contribution in [2.75, 3.05) is 11.9 Å². The molecule has 2 aromatic rings. The fourth-order valence-corrected chi connectivity index (χ4v) is 2.81. The van der Waals surface area contributed by atoms with Gasteiger partial charge in [-0.25, -0.2) is 9.97 Å². The number of nitrogens with zero attached hydrogens (tertiary/aromatic N) is 4. The zero-order valence-corrected chi connectivity index (χ0v) is 15.5. The molecule has 8 nitrogen and oxygen atoms in total. The normalized spacial score (nSPS) is 20.6. The maximum absolute atomic E-state index is 12.6. The molecule has 0 spiro atoms. The number of ether oxygens (including phenoxy) is 1. The Morgan fingerprint density at radius 1 is 1.27 bits per heavy atom. The van der Waals surface area contributed by atoms with Gasteiger partial charge in [-0.2, -0.15) is 13.2 Å². The van der Waals surface area contributed by atoms with Gasteiger partial charge in [0, 0.05) is 18.7 Å². The van der Waals surface area contributed by atoms with Gasteiger partial charge in [-0.05, 0) is 13.8 Å². The van der Waals surface area contributed by atoms with Crippen molar-refractivity contribution in [1.29, 1.82) is 0 Å². The summed E-state index contributed by atoms with van der Waals surface area (Å²) < 4.78 is 83.4. The van der Waals surface area contributed by atoms with Crippen LogP contribution in [-0.4, -0.2) is 57.0 Å². The van der Waals surface area contributed by atoms with E-state index in [1.807, 2.05) is 0 Å². The maximum Gasteiger partial charge on any atom is 0.522 e. The van der Waals surface area contributed by atoms with E-state index in [2.05, 4.69) is 29.7 Å². The summed E-state index contributed by atoms with van der Waals surface area (Å²) in [6.07, 6.45) is -9.58. The number of hydrogen-bond donors (Lipinski definition) is 1. The molecule has 3 atom stereocenters. The summed E-state index contributed by atoms with van der Waals surface area (Å²) in [6, 6.07) is 0.254. The van der Waals surface area contributed by atoms with Gasteiger partial charge in [0.05, 0.1) is 6.04 Å². The number of anilines is 1. The lowest BCUT2D eigenvalue weighted by Gasteiger charge is -2.46. The van der Waals surface area contributed by atoms with Gasteiger partial charge in [-0.3, -0.25) is 9.53 Å². The van der Waals surface area contributed by atoms with Gasteiger partial charge in [-0.15, -0.1) is 13.2 Å². The zero-order chi connectivity index (χ0) is 22.3. The van der Waals surface area contributed by atoms with Crippen LogP contribution in [0.1, 0.15) is 19.5 Å². The fraction of sp³-hybridized carbons (Fsp3) is 0.500. The number of amides is 1. The van der Waals surface area contributed by atoms with Crippen LogP contribution < -0.4 is 5.32 Å². The molecule has 1 amide bonds. The van der Waals surface area contributed by atoms with Crippen LogP contribution in [0.4, 0.5) is 32.2 Å². The van der Waals surface area contributed by atoms with Gasteiger partial charge in [0.25, 0.3) is 0 Å². The average molecular weight is 439 g/mol. The summed E-state index contributed by atoms with van der Waals surface area (Å²) in [6.45, 7) is 2.67. The summed E-state index contributed by atoms with van der Waals surface area (Å²) in [5, 5.41) is 5.66. The molecule has 0 aromatic carbocycles. The summed E-state index contributed by atoms with van der Waals surface area (Å²) in [4.78, 5) is 21.3. The van der Waals surface area contributed by atoms with Gasteiger partial charge in [0.15, 0.2) is 11.5 Å². The first-order chi connectivity index (χ1) is 13.8. The molecule has 0 bridgehead atoms. The molecule has 1 aliphatic heterocycles. The van der Waals surface area contributed by atoms with Crippen molar-refractivity contribution in [2.45, 2.75) is 44.6 Å². The minimum atomic E-state index is -4.79. The van der Waals surface area contributed by atoms with Crippen molar-refractivity contribution in [1.82, 2.24) is 20.0 Å². The van der Waals surface area contributed by atoms with Gasteiger partial charge < -0.3 is 14.7 Å². The summed E-state index contributed by atoms with van der Waals surface area (Å²) >= 11 is 0. The maximum atomic E-state index is 12.6. The molecule has 3 heterocycles. The van der Waals surface area contributed by atoms with Gasteiger partial charge in [-0.1, -0.05) is 5.16 Å². The number of rotatable bonds is 5. The Kier molecular flexibility index (Phi) is 5.62. The van der Waals surface area contributed by atoms with Crippen molar-refractivity contribution in [2.24, 2.45) is 0 Å². The predicted octanol–water partition coefficient (Wildman–Crippen LogP) is 3.09. The first-order valence-electron chi connectivity index (χ1n) is 8.53. The van der Waals surface area contributed by atoms with Crippen LogP contribution >= 0.6 is 0 Å². The Balaban J connectivity index is 1.64. The molecule has 1 N–H and O–H groups in total. The van der Waals surface area contributed by atoms with Crippen LogP contribution in [-0.2, 0) is 15.7 Å². The first kappa shape index (κ1) is 21.8. The molecule has 0 aliphatic carbocycles. The monoisotopic (exact) mass is 439 g/mol. The Morgan fingerprint density at radius 3 is 2.53 bits per heavy atom. The number of likely N-dealkylation sites (tertiary alicyclic amines) is 1. The molecular formula is C16H15F6N5O3. The van der Waals surface area contributed by atoms with Crippen LogP contribution in [0.2, 0.25) is 0 Å². The fourth-order valence-electron chi connectivity index (χ4n) is 2.81. The van der Waals surface area contributed by atoms with Crippen LogP contribution in [0.15, 0.2) is 23.0 Å². The Bertz CT molecular complexity index is 915. The number of hydrogen-bond acceptors (Lipinski definition) is 7. The average Bonchev–Trinajstić information content (AvgIpc) is 3.14. The molecule has 1 aliphatic rings. The van der Waals surface area contributed by atoms with Crippen LogP contribution in [0, 0.1) is 0 Å². The Morgan fingerprint density at radius 2 is 1.97 bits per heavy atom. The first-order valence-corrected chi connectivity index (χ1v) is 8.53. The van der Waals surface area contributed by atoms with E-state index in [0.29, 0.717) is 6.07 Å². The smallest absolute Gasteiger partial charge is 0.359 e. The third-order valence-electron chi connectivity index (χ3n) is 4.43. The molecule has 30 heavy (non-hydrogen) atoms. The quantitative estimate of drug-likeness (QED) is 0.716. The molecule has 0 unspecified atom stereocenters. The number of nitrogens with one attached hydrogen (secondary N) is 1. The summed E-state index contributed by atoms with van der Waals surface area (Å²) in [5.41, 5.74) is -1.23. The third kappa shape index (κ3) is 4.80. The van der Waals surface area contributed by atoms with E-state index in [4.69, 9.17) is 0 Å². The lowest BCUT2D eigenvalue weighted by Crippen LogP contribution is -2.64. The number of halogens is 6. The predicted molar refractivity (Wildman–Crippen MR) is 87.7 cm³/mol. The number of carbonyl (C=O) groups is 1. The lowest BCUT2D eigenvalue weighted by atomic mass is 10.00. The highest BCUT2D eigenvalue weighted by atomic mass is 19.4. The van der Waals surface area contributed by atoms with Gasteiger partial charge in [0.1, 0.15) is 30.0 Å². The van der Waals surface area contributed by atoms with Crippen molar-refractivity contribution in [3.63, 3.8) is 0 Å². The highest BCUT2D eigenvalue weighted by Crippen LogP contribution is 2.32. The number of carbonyl (C=O) groups excluding carboxylic acids is 1. The second-order valence-electron chi connectivity index (χ2n) is 6.56. The minimum Gasteiger partial charge on any atom is -0.359 e. The Hall–Kier alpha value is -2.90. The highest BCUT2D eigenvalue weighted by molar-refractivity contribution is 5.85. The molecule has 1 fully saturated rings. The summed E-state index contributed by atoms with van der Waals surface area (Å²) in [5.74, 6) is -0.652. The van der Waals surface area contributed by atoms with Gasteiger partial charge >= 0.3 is 12.5 Å². The molecule has 164 valence electrons. The molecule has 2 aromatic heterocycles. The lowest BCUT2D eigenvalue weighted by molar-refractivity contribution is -0.359. The second-order valence-corrected chi connectivity index (χ2v) is 6.56. The van der Waals surface area contributed by atoms with E-state index < -0.39 is 42.3 Å². The Labute approximate surface area is 165 Å². The van der Waals surface area contributed by atoms with Crippen LogP contribution in [0.3, 0.4) is 0 Å². The topological polar surface area (TPSA) is 93.4 Å². The van der Waals surface area contributed by atoms with Crippen molar-refractivity contribution >= 4 is 11.7 Å². The van der Waals surface area contributed by atoms with E-state index in [-0.39, 0.29) is 23.8 Å². The largest absolute Gasteiger partial charge is 0.522 e. The van der Waals surface area contributed by atoms with Crippen molar-refractivity contribution < 1.29 is 40.4 Å². The molecule has 0 saturated carbocycles. The third-order valence-corrected chi connectivity index (χ3v) is 4.43. The minimum absolute atomic E-state index is 0.00823. The van der Waals surface area contributed by atoms with Crippen molar-refractivity contribution in [3.8, 4) is 11.5 Å². The van der Waals surface area contributed by atoms with E-state index >= 15 is 0 Å². The molecule has 1 saturated heterocycles. The van der Waals surface area contributed by atoms with Crippen molar-refractivity contribution in [3.05, 3.63) is 24.2 Å². The summed E-state index contributed by atoms with van der Waals surface area (Å²) in [7, 11) is 0. The molecule has 0 radical (unpaired) electrons. The van der Waals surface area contributed by atoms with E-state index in [9.17, 15) is 31.1 Å².